The summed E-state index contributed by atoms with van der Waals surface area (Å²) in [5, 5.41) is 2.50. The summed E-state index contributed by atoms with van der Waals surface area (Å²) in [5.41, 5.74) is 17.2. The lowest BCUT2D eigenvalue weighted by atomic mass is 9.33. The Balaban J connectivity index is 1.15. The predicted molar refractivity (Wildman–Crippen MR) is 220 cm³/mol. The van der Waals surface area contributed by atoms with Crippen molar-refractivity contribution in [1.29, 1.82) is 0 Å². The zero-order valence-electron chi connectivity index (χ0n) is 28.4. The summed E-state index contributed by atoms with van der Waals surface area (Å²) < 4.78 is 2.38. The smallest absolute Gasteiger partial charge is 0.252 e. The molecular weight excluding hydrogens is 629 g/mol. The predicted octanol–water partition coefficient (Wildman–Crippen LogP) is 10.5. The Morgan fingerprint density at radius 1 is 0.346 bits per heavy atom. The standard InChI is InChI=1S/C48H32BN3/c1-3-16-34(17-4-1)50-42-25-12-8-21-37(42)38-32-33(30-31-43(38)50)36-20-7-11-24-41(36)52-45-27-14-10-23-40(45)49-39-22-9-13-26-44(39)51(35-18-5-2-6-19-35)46-28-15-29-47(52)48(46)49/h1-32H. The highest BCUT2D eigenvalue weighted by atomic mass is 15.2. The van der Waals surface area contributed by atoms with Crippen LogP contribution in [0.2, 0.25) is 0 Å². The minimum Gasteiger partial charge on any atom is -0.311 e. The van der Waals surface area contributed by atoms with Crippen molar-refractivity contribution < 1.29 is 0 Å². The quantitative estimate of drug-likeness (QED) is 0.174. The second-order valence-corrected chi connectivity index (χ2v) is 13.7. The molecule has 4 heteroatoms. The summed E-state index contributed by atoms with van der Waals surface area (Å²) in [6.45, 7) is 0.113. The van der Waals surface area contributed by atoms with Gasteiger partial charge < -0.3 is 14.4 Å². The van der Waals surface area contributed by atoms with E-state index in [4.69, 9.17) is 0 Å². The number of nitrogens with zero attached hydrogens (tertiary/aromatic N) is 3. The molecule has 0 radical (unpaired) electrons. The van der Waals surface area contributed by atoms with E-state index in [-0.39, 0.29) is 6.71 Å². The number of benzene rings is 8. The molecule has 0 N–H and O–H groups in total. The molecule has 0 fully saturated rings. The van der Waals surface area contributed by atoms with Crippen LogP contribution >= 0.6 is 0 Å². The first-order valence-corrected chi connectivity index (χ1v) is 18.0. The molecule has 0 saturated carbocycles. The highest BCUT2D eigenvalue weighted by Crippen LogP contribution is 2.46. The van der Waals surface area contributed by atoms with Gasteiger partial charge in [0.25, 0.3) is 6.71 Å². The molecule has 1 aromatic heterocycles. The molecule has 3 heterocycles. The normalized spacial score (nSPS) is 12.9. The molecule has 8 aromatic carbocycles. The van der Waals surface area contributed by atoms with E-state index in [1.807, 2.05) is 0 Å². The maximum absolute atomic E-state index is 2.51. The second kappa shape index (κ2) is 11.4. The van der Waals surface area contributed by atoms with Crippen molar-refractivity contribution in [2.45, 2.75) is 0 Å². The third-order valence-electron chi connectivity index (χ3n) is 11.0. The lowest BCUT2D eigenvalue weighted by Crippen LogP contribution is -2.61. The first-order valence-electron chi connectivity index (χ1n) is 18.0. The monoisotopic (exact) mass is 661 g/mol. The number of hydrogen-bond acceptors (Lipinski definition) is 2. The van der Waals surface area contributed by atoms with Crippen LogP contribution in [0.1, 0.15) is 0 Å². The lowest BCUT2D eigenvalue weighted by molar-refractivity contribution is 1.18. The highest BCUT2D eigenvalue weighted by Gasteiger charge is 2.43. The molecule has 0 unspecified atom stereocenters. The topological polar surface area (TPSA) is 11.4 Å². The summed E-state index contributed by atoms with van der Waals surface area (Å²) in [6.07, 6.45) is 0. The summed E-state index contributed by atoms with van der Waals surface area (Å²) in [6, 6.07) is 70.9. The molecular formula is C48H32BN3. The Labute approximate surface area is 303 Å². The van der Waals surface area contributed by atoms with Gasteiger partial charge >= 0.3 is 0 Å². The van der Waals surface area contributed by atoms with Crippen molar-refractivity contribution in [3.63, 3.8) is 0 Å². The van der Waals surface area contributed by atoms with Gasteiger partial charge in [0.1, 0.15) is 0 Å². The number of aromatic nitrogens is 1. The molecule has 0 saturated heterocycles. The van der Waals surface area contributed by atoms with Crippen LogP contribution in [-0.4, -0.2) is 11.3 Å². The third kappa shape index (κ3) is 4.15. The van der Waals surface area contributed by atoms with E-state index in [2.05, 4.69) is 208 Å². The third-order valence-corrected chi connectivity index (χ3v) is 11.0. The van der Waals surface area contributed by atoms with E-state index in [0.717, 1.165) is 11.4 Å². The SMILES string of the molecule is c1ccc(N2c3ccccc3B3c4ccccc4N(c4ccccc4-c4ccc5c(c4)c4ccccc4n5-c4ccccc4)c4cccc2c43)cc1. The minimum absolute atomic E-state index is 0.113. The van der Waals surface area contributed by atoms with Gasteiger partial charge in [-0.05, 0) is 94.7 Å². The Hall–Kier alpha value is -6.78. The van der Waals surface area contributed by atoms with E-state index < -0.39 is 0 Å². The van der Waals surface area contributed by atoms with Crippen LogP contribution in [-0.2, 0) is 0 Å². The fourth-order valence-corrected chi connectivity index (χ4v) is 8.86. The number of fused-ring (bicyclic) bond motifs is 7. The van der Waals surface area contributed by atoms with E-state index in [9.17, 15) is 0 Å². The molecule has 0 amide bonds. The van der Waals surface area contributed by atoms with Crippen LogP contribution in [0.25, 0.3) is 38.6 Å². The average molecular weight is 662 g/mol. The van der Waals surface area contributed by atoms with Gasteiger partial charge in [-0.3, -0.25) is 0 Å². The van der Waals surface area contributed by atoms with Crippen LogP contribution in [0.15, 0.2) is 194 Å². The van der Waals surface area contributed by atoms with Crippen LogP contribution in [0, 0.1) is 0 Å². The summed E-state index contributed by atoms with van der Waals surface area (Å²) in [5.74, 6) is 0. The number of anilines is 6. The fraction of sp³-hybridized carbons (Fsp3) is 0. The van der Waals surface area contributed by atoms with Gasteiger partial charge in [-0.15, -0.1) is 0 Å². The molecule has 0 bridgehead atoms. The van der Waals surface area contributed by atoms with Gasteiger partial charge in [-0.25, -0.2) is 0 Å². The van der Waals surface area contributed by atoms with Crippen LogP contribution < -0.4 is 26.2 Å². The first-order chi connectivity index (χ1) is 25.8. The van der Waals surface area contributed by atoms with Crippen LogP contribution in [0.4, 0.5) is 34.1 Å². The Bertz CT molecular complexity index is 2820. The average Bonchev–Trinajstić information content (AvgIpc) is 3.55. The molecule has 3 nitrogen and oxygen atoms in total. The molecule has 11 rings (SSSR count). The van der Waals surface area contributed by atoms with Gasteiger partial charge in [0.05, 0.1) is 16.7 Å². The number of para-hydroxylation sites is 6. The minimum atomic E-state index is 0.113. The van der Waals surface area contributed by atoms with Crippen molar-refractivity contribution in [3.05, 3.63) is 194 Å². The lowest BCUT2D eigenvalue weighted by Gasteiger charge is -2.44. The summed E-state index contributed by atoms with van der Waals surface area (Å²) in [4.78, 5) is 4.95. The molecule has 0 spiro atoms. The molecule has 52 heavy (non-hydrogen) atoms. The maximum Gasteiger partial charge on any atom is 0.252 e. The van der Waals surface area contributed by atoms with Gasteiger partial charge in [0.15, 0.2) is 0 Å². The van der Waals surface area contributed by atoms with Gasteiger partial charge in [-0.1, -0.05) is 121 Å². The van der Waals surface area contributed by atoms with Gasteiger partial charge in [0, 0.05) is 50.5 Å². The van der Waals surface area contributed by atoms with E-state index >= 15 is 0 Å². The molecule has 0 aliphatic carbocycles. The summed E-state index contributed by atoms with van der Waals surface area (Å²) in [7, 11) is 0. The summed E-state index contributed by atoms with van der Waals surface area (Å²) >= 11 is 0. The maximum atomic E-state index is 2.51. The Morgan fingerprint density at radius 2 is 0.885 bits per heavy atom. The first kappa shape index (κ1) is 29.0. The van der Waals surface area contributed by atoms with Crippen molar-refractivity contribution in [3.8, 4) is 16.8 Å². The van der Waals surface area contributed by atoms with E-state index in [1.54, 1.807) is 0 Å². The Kier molecular flexibility index (Phi) is 6.35. The van der Waals surface area contributed by atoms with Crippen molar-refractivity contribution >= 4 is 79.0 Å². The zero-order chi connectivity index (χ0) is 34.2. The van der Waals surface area contributed by atoms with Crippen molar-refractivity contribution in [2.24, 2.45) is 0 Å². The van der Waals surface area contributed by atoms with Crippen molar-refractivity contribution in [2.75, 3.05) is 9.80 Å². The van der Waals surface area contributed by atoms with Gasteiger partial charge in [0.2, 0.25) is 0 Å². The van der Waals surface area contributed by atoms with Crippen LogP contribution in [0.5, 0.6) is 0 Å². The van der Waals surface area contributed by atoms with Crippen LogP contribution in [0.3, 0.4) is 0 Å². The molecule has 9 aromatic rings. The molecule has 2 aliphatic heterocycles. The van der Waals surface area contributed by atoms with Crippen molar-refractivity contribution in [1.82, 2.24) is 4.57 Å². The van der Waals surface area contributed by atoms with Gasteiger partial charge in [-0.2, -0.15) is 0 Å². The van der Waals surface area contributed by atoms with E-state index in [1.165, 1.54) is 77.8 Å². The fourth-order valence-electron chi connectivity index (χ4n) is 8.86. The highest BCUT2D eigenvalue weighted by molar-refractivity contribution is 7.00. The second-order valence-electron chi connectivity index (χ2n) is 13.7. The number of rotatable bonds is 4. The number of hydrogen-bond donors (Lipinski definition) is 0. The van der Waals surface area contributed by atoms with E-state index in [0.29, 0.717) is 0 Å². The Morgan fingerprint density at radius 3 is 1.63 bits per heavy atom. The zero-order valence-corrected chi connectivity index (χ0v) is 28.4. The largest absolute Gasteiger partial charge is 0.311 e. The molecule has 0 atom stereocenters. The molecule has 242 valence electrons. The molecule has 2 aliphatic rings.